The number of aryl methyl sites for hydroxylation is 2. The number of hydrogen-bond acceptors (Lipinski definition) is 2. The summed E-state index contributed by atoms with van der Waals surface area (Å²) < 4.78 is 29.2. The average molecular weight is 373 g/mol. The fourth-order valence-corrected chi connectivity index (χ4v) is 4.16. The fraction of sp³-hybridized carbons (Fsp3) is 0.565. The van der Waals surface area contributed by atoms with Crippen molar-refractivity contribution in [2.45, 2.75) is 71.6 Å². The number of nitrogens with zero attached hydrogens (tertiary/aromatic N) is 2. The Hall–Kier alpha value is -1.84. The molecule has 1 aromatic heterocycles. The van der Waals surface area contributed by atoms with Crippen LogP contribution in [0, 0.1) is 23.5 Å². The van der Waals surface area contributed by atoms with Gasteiger partial charge < -0.3 is 0 Å². The third kappa shape index (κ3) is 4.91. The third-order valence-electron chi connectivity index (χ3n) is 6.03. The Morgan fingerprint density at radius 3 is 2.22 bits per heavy atom. The molecule has 0 unspecified atom stereocenters. The molecule has 0 atom stereocenters. The van der Waals surface area contributed by atoms with E-state index in [-0.39, 0.29) is 5.56 Å². The van der Waals surface area contributed by atoms with Gasteiger partial charge in [0.1, 0.15) is 0 Å². The van der Waals surface area contributed by atoms with Crippen LogP contribution >= 0.6 is 0 Å². The molecule has 1 aliphatic rings. The van der Waals surface area contributed by atoms with E-state index in [1.54, 1.807) is 18.2 Å². The summed E-state index contributed by atoms with van der Waals surface area (Å²) >= 11 is 0. The van der Waals surface area contributed by atoms with Gasteiger partial charge in [-0.2, -0.15) is 10.2 Å². The van der Waals surface area contributed by atoms with Crippen LogP contribution in [0.5, 0.6) is 0 Å². The smallest absolute Gasteiger partial charge is 0.168 e. The summed E-state index contributed by atoms with van der Waals surface area (Å²) in [5.41, 5.74) is 1.92. The van der Waals surface area contributed by atoms with E-state index in [0.717, 1.165) is 30.9 Å². The number of aromatic nitrogens is 2. The highest BCUT2D eigenvalue weighted by Crippen LogP contribution is 2.34. The summed E-state index contributed by atoms with van der Waals surface area (Å²) in [7, 11) is 0. The van der Waals surface area contributed by atoms with Crippen molar-refractivity contribution >= 4 is 0 Å². The monoisotopic (exact) mass is 372 g/mol. The second kappa shape index (κ2) is 9.38. The van der Waals surface area contributed by atoms with Crippen molar-refractivity contribution in [3.63, 3.8) is 0 Å². The van der Waals surface area contributed by atoms with Gasteiger partial charge in [0.2, 0.25) is 0 Å². The molecule has 0 aliphatic heterocycles. The summed E-state index contributed by atoms with van der Waals surface area (Å²) in [6.07, 6.45) is 9.63. The zero-order valence-corrected chi connectivity index (χ0v) is 16.5. The van der Waals surface area contributed by atoms with Crippen LogP contribution in [0.2, 0.25) is 0 Å². The normalized spacial score (nSPS) is 20.0. The molecule has 146 valence electrons. The second-order valence-electron chi connectivity index (χ2n) is 7.89. The zero-order valence-electron chi connectivity index (χ0n) is 16.5. The summed E-state index contributed by atoms with van der Waals surface area (Å²) in [6, 6.07) is 6.92. The maximum atomic E-state index is 14.6. The Morgan fingerprint density at radius 2 is 1.59 bits per heavy atom. The molecule has 0 amide bonds. The molecule has 1 aromatic carbocycles. The van der Waals surface area contributed by atoms with E-state index in [1.807, 2.05) is 6.07 Å². The van der Waals surface area contributed by atoms with Crippen LogP contribution in [0.15, 0.2) is 24.3 Å². The summed E-state index contributed by atoms with van der Waals surface area (Å²) in [4.78, 5) is 0. The molecule has 0 radical (unpaired) electrons. The molecule has 0 saturated heterocycles. The molecule has 2 aromatic rings. The van der Waals surface area contributed by atoms with Crippen LogP contribution in [0.3, 0.4) is 0 Å². The van der Waals surface area contributed by atoms with E-state index >= 15 is 0 Å². The van der Waals surface area contributed by atoms with Gasteiger partial charge in [-0.05, 0) is 54.9 Å². The van der Waals surface area contributed by atoms with E-state index in [4.69, 9.17) is 0 Å². The van der Waals surface area contributed by atoms with E-state index in [2.05, 4.69) is 24.0 Å². The Bertz CT molecular complexity index is 735. The minimum absolute atomic E-state index is 0.190. The predicted molar refractivity (Wildman–Crippen MR) is 105 cm³/mol. The van der Waals surface area contributed by atoms with Gasteiger partial charge in [0, 0.05) is 5.56 Å². The van der Waals surface area contributed by atoms with Crippen molar-refractivity contribution in [3.05, 3.63) is 47.2 Å². The largest absolute Gasteiger partial charge is 0.203 e. The van der Waals surface area contributed by atoms with Crippen LogP contribution < -0.4 is 0 Å². The van der Waals surface area contributed by atoms with Gasteiger partial charge in [0.05, 0.1) is 11.4 Å². The first-order valence-corrected chi connectivity index (χ1v) is 10.4. The van der Waals surface area contributed by atoms with Gasteiger partial charge in [-0.25, -0.2) is 8.78 Å². The molecule has 0 N–H and O–H groups in total. The maximum Gasteiger partial charge on any atom is 0.168 e. The standard InChI is InChI=1S/C23H30F2N2/c1-3-5-19-13-15-21(27-26-19)20-14-12-18(22(24)23(20)25)11-10-17-8-6-16(4-2)7-9-17/h12-17H,3-11H2,1-2H3/t16-,17-. The minimum atomic E-state index is -0.806. The van der Waals surface area contributed by atoms with Crippen molar-refractivity contribution in [1.29, 1.82) is 0 Å². The van der Waals surface area contributed by atoms with E-state index in [9.17, 15) is 8.78 Å². The summed E-state index contributed by atoms with van der Waals surface area (Å²) in [6.45, 7) is 4.32. The number of benzene rings is 1. The van der Waals surface area contributed by atoms with Gasteiger partial charge in [0.15, 0.2) is 11.6 Å². The average Bonchev–Trinajstić information content (AvgIpc) is 2.70. The molecule has 27 heavy (non-hydrogen) atoms. The molecular formula is C23H30F2N2. The highest BCUT2D eigenvalue weighted by atomic mass is 19.2. The molecular weight excluding hydrogens is 342 g/mol. The van der Waals surface area contributed by atoms with E-state index < -0.39 is 11.6 Å². The lowest BCUT2D eigenvalue weighted by molar-refractivity contribution is 0.258. The lowest BCUT2D eigenvalue weighted by Crippen LogP contribution is -2.14. The molecule has 0 spiro atoms. The quantitative estimate of drug-likeness (QED) is 0.553. The third-order valence-corrected chi connectivity index (χ3v) is 6.03. The van der Waals surface area contributed by atoms with Gasteiger partial charge in [-0.1, -0.05) is 58.4 Å². The topological polar surface area (TPSA) is 25.8 Å². The lowest BCUT2D eigenvalue weighted by atomic mass is 9.78. The Kier molecular flexibility index (Phi) is 6.92. The van der Waals surface area contributed by atoms with Gasteiger partial charge in [-0.15, -0.1) is 0 Å². The minimum Gasteiger partial charge on any atom is -0.203 e. The number of hydrogen-bond donors (Lipinski definition) is 0. The number of rotatable bonds is 7. The summed E-state index contributed by atoms with van der Waals surface area (Å²) in [5.74, 6) is -0.0274. The summed E-state index contributed by atoms with van der Waals surface area (Å²) in [5, 5.41) is 8.19. The molecule has 1 saturated carbocycles. The first-order valence-electron chi connectivity index (χ1n) is 10.4. The van der Waals surface area contributed by atoms with Crippen molar-refractivity contribution in [2.24, 2.45) is 11.8 Å². The Balaban J connectivity index is 1.66. The SMILES string of the molecule is CCCc1ccc(-c2ccc(CC[C@H]3CC[C@H](CC)CC3)c(F)c2F)nn1. The van der Waals surface area contributed by atoms with Crippen LogP contribution in [0.25, 0.3) is 11.3 Å². The van der Waals surface area contributed by atoms with Crippen molar-refractivity contribution in [3.8, 4) is 11.3 Å². The van der Waals surface area contributed by atoms with Gasteiger partial charge >= 0.3 is 0 Å². The first-order chi connectivity index (χ1) is 13.1. The zero-order chi connectivity index (χ0) is 19.2. The van der Waals surface area contributed by atoms with Crippen LogP contribution in [-0.4, -0.2) is 10.2 Å². The van der Waals surface area contributed by atoms with Crippen LogP contribution in [-0.2, 0) is 12.8 Å². The molecule has 2 nitrogen and oxygen atoms in total. The predicted octanol–water partition coefficient (Wildman–Crippen LogP) is 6.52. The van der Waals surface area contributed by atoms with E-state index in [1.165, 1.54) is 32.1 Å². The Labute approximate surface area is 161 Å². The van der Waals surface area contributed by atoms with Gasteiger partial charge in [-0.3, -0.25) is 0 Å². The van der Waals surface area contributed by atoms with E-state index in [0.29, 0.717) is 23.6 Å². The first kappa shape index (κ1) is 19.9. The van der Waals surface area contributed by atoms with Crippen LogP contribution in [0.1, 0.15) is 70.1 Å². The van der Waals surface area contributed by atoms with Crippen molar-refractivity contribution < 1.29 is 8.78 Å². The highest BCUT2D eigenvalue weighted by molar-refractivity contribution is 5.60. The maximum absolute atomic E-state index is 14.6. The van der Waals surface area contributed by atoms with Crippen molar-refractivity contribution in [1.82, 2.24) is 10.2 Å². The lowest BCUT2D eigenvalue weighted by Gasteiger charge is -2.27. The van der Waals surface area contributed by atoms with Gasteiger partial charge in [0.25, 0.3) is 0 Å². The molecule has 0 bridgehead atoms. The number of halogens is 2. The molecule has 1 aliphatic carbocycles. The molecule has 1 heterocycles. The molecule has 4 heteroatoms. The van der Waals surface area contributed by atoms with Crippen molar-refractivity contribution in [2.75, 3.05) is 0 Å². The molecule has 1 fully saturated rings. The fourth-order valence-electron chi connectivity index (χ4n) is 4.16. The second-order valence-corrected chi connectivity index (χ2v) is 7.89. The Morgan fingerprint density at radius 1 is 0.852 bits per heavy atom. The molecule has 3 rings (SSSR count). The highest BCUT2D eigenvalue weighted by Gasteiger charge is 2.21. The van der Waals surface area contributed by atoms with Crippen LogP contribution in [0.4, 0.5) is 8.78 Å².